The Hall–Kier alpha value is -3.72. The van der Waals surface area contributed by atoms with Gasteiger partial charge in [0, 0.05) is 6.08 Å². The van der Waals surface area contributed by atoms with Crippen LogP contribution in [0, 0.1) is 0 Å². The highest BCUT2D eigenvalue weighted by Gasteiger charge is 2.32. The Morgan fingerprint density at radius 2 is 1.42 bits per heavy atom. The first-order chi connectivity index (χ1) is 15.6. The fourth-order valence-corrected chi connectivity index (χ4v) is 3.99. The van der Waals surface area contributed by atoms with E-state index in [-0.39, 0.29) is 11.1 Å². The monoisotopic (exact) mass is 476 g/mol. The highest BCUT2D eigenvalue weighted by Crippen LogP contribution is 2.32. The van der Waals surface area contributed by atoms with Crippen LogP contribution < -0.4 is 0 Å². The fraction of sp³-hybridized carbons (Fsp3) is 0.0833. The lowest BCUT2D eigenvalue weighted by atomic mass is 10.1. The van der Waals surface area contributed by atoms with Crippen LogP contribution in [-0.2, 0) is 27.5 Å². The Bertz CT molecular complexity index is 1160. The molecule has 0 bridgehead atoms. The van der Waals surface area contributed by atoms with Gasteiger partial charge in [-0.25, -0.2) is 9.59 Å². The number of carboxylic acids is 2. The van der Waals surface area contributed by atoms with Gasteiger partial charge in [0.15, 0.2) is 0 Å². The first-order valence-corrected chi connectivity index (χ1v) is 10.7. The highest BCUT2D eigenvalue weighted by molar-refractivity contribution is 7.84. The smallest absolute Gasteiger partial charge is 0.416 e. The molecule has 0 amide bonds. The lowest BCUT2D eigenvalue weighted by Gasteiger charge is -2.09. The number of carbonyl (C=O) groups is 2. The van der Waals surface area contributed by atoms with Gasteiger partial charge in [-0.3, -0.25) is 4.21 Å². The van der Waals surface area contributed by atoms with Gasteiger partial charge in [-0.15, -0.1) is 0 Å². The molecule has 3 aromatic rings. The van der Waals surface area contributed by atoms with Gasteiger partial charge in [-0.2, -0.15) is 13.2 Å². The molecule has 0 saturated heterocycles. The molecule has 0 aliphatic rings. The average Bonchev–Trinajstić information content (AvgIpc) is 2.78. The van der Waals surface area contributed by atoms with E-state index in [2.05, 4.69) is 0 Å². The van der Waals surface area contributed by atoms with Crippen LogP contribution >= 0.6 is 0 Å². The SMILES string of the molecule is O=C(O)C=Cc1ccccc1C(F)(F)F.O=C(O)c1ccccc1S(=O)Cc1ccccc1. The summed E-state index contributed by atoms with van der Waals surface area (Å²) >= 11 is 0. The number of halogens is 3. The van der Waals surface area contributed by atoms with E-state index < -0.39 is 34.5 Å². The predicted octanol–water partition coefficient (Wildman–Crippen LogP) is 5.50. The summed E-state index contributed by atoms with van der Waals surface area (Å²) < 4.78 is 49.4. The Labute approximate surface area is 190 Å². The summed E-state index contributed by atoms with van der Waals surface area (Å²) in [6, 6.07) is 20.6. The zero-order chi connectivity index (χ0) is 24.4. The Morgan fingerprint density at radius 1 is 0.848 bits per heavy atom. The molecular weight excluding hydrogens is 457 g/mol. The number of alkyl halides is 3. The van der Waals surface area contributed by atoms with Gasteiger partial charge >= 0.3 is 18.1 Å². The molecule has 0 aliphatic carbocycles. The molecule has 1 atom stereocenters. The van der Waals surface area contributed by atoms with Crippen LogP contribution in [0.3, 0.4) is 0 Å². The second-order valence-corrected chi connectivity index (χ2v) is 7.95. The Morgan fingerprint density at radius 3 is 2.03 bits per heavy atom. The normalized spacial score (nSPS) is 12.0. The van der Waals surface area contributed by atoms with Crippen molar-refractivity contribution in [1.82, 2.24) is 0 Å². The van der Waals surface area contributed by atoms with Gasteiger partial charge in [0.25, 0.3) is 0 Å². The first kappa shape index (κ1) is 25.5. The van der Waals surface area contributed by atoms with Crippen LogP contribution in [0.25, 0.3) is 6.08 Å². The molecule has 0 aliphatic heterocycles. The zero-order valence-corrected chi connectivity index (χ0v) is 17.8. The standard InChI is InChI=1S/C14H12O3S.C10H7F3O2/c15-14(16)12-8-4-5-9-13(12)18(17)10-11-6-2-1-3-7-11;11-10(12,13)8-4-2-1-3-7(8)5-6-9(14)15/h1-9H,10H2,(H,15,16);1-6H,(H,14,15). The molecule has 0 spiro atoms. The molecule has 33 heavy (non-hydrogen) atoms. The minimum atomic E-state index is -4.47. The predicted molar refractivity (Wildman–Crippen MR) is 118 cm³/mol. The maximum absolute atomic E-state index is 12.4. The minimum Gasteiger partial charge on any atom is -0.478 e. The average molecular weight is 476 g/mol. The number of benzene rings is 3. The van der Waals surface area contributed by atoms with Crippen LogP contribution in [0.4, 0.5) is 13.2 Å². The third kappa shape index (κ3) is 8.04. The summed E-state index contributed by atoms with van der Waals surface area (Å²) in [5.41, 5.74) is 0.0256. The van der Waals surface area contributed by atoms with Gasteiger partial charge < -0.3 is 10.2 Å². The number of carboxylic acid groups (broad SMARTS) is 2. The summed E-state index contributed by atoms with van der Waals surface area (Å²) in [5.74, 6) is -2.01. The maximum Gasteiger partial charge on any atom is 0.416 e. The minimum absolute atomic E-state index is 0.103. The Balaban J connectivity index is 0.000000238. The number of aromatic carboxylic acids is 1. The van der Waals surface area contributed by atoms with Crippen molar-refractivity contribution in [2.75, 3.05) is 0 Å². The maximum atomic E-state index is 12.4. The third-order valence-electron chi connectivity index (χ3n) is 4.17. The van der Waals surface area contributed by atoms with Crippen molar-refractivity contribution < 1.29 is 37.2 Å². The van der Waals surface area contributed by atoms with Crippen molar-refractivity contribution in [3.63, 3.8) is 0 Å². The molecule has 3 aromatic carbocycles. The molecule has 1 unspecified atom stereocenters. The van der Waals surface area contributed by atoms with Gasteiger partial charge in [-0.05, 0) is 35.4 Å². The van der Waals surface area contributed by atoms with Gasteiger partial charge in [-0.1, -0.05) is 60.7 Å². The van der Waals surface area contributed by atoms with E-state index in [1.54, 1.807) is 18.2 Å². The molecule has 2 N–H and O–H groups in total. The highest BCUT2D eigenvalue weighted by atomic mass is 32.2. The summed E-state index contributed by atoms with van der Waals surface area (Å²) in [4.78, 5) is 21.6. The van der Waals surface area contributed by atoms with Crippen molar-refractivity contribution in [3.8, 4) is 0 Å². The molecule has 172 valence electrons. The molecule has 0 aromatic heterocycles. The largest absolute Gasteiger partial charge is 0.478 e. The molecular formula is C24H19F3O5S. The molecule has 0 saturated carbocycles. The molecule has 9 heteroatoms. The van der Waals surface area contributed by atoms with Crippen molar-refractivity contribution in [1.29, 1.82) is 0 Å². The lowest BCUT2D eigenvalue weighted by Crippen LogP contribution is -2.06. The Kier molecular flexibility index (Phi) is 9.11. The molecule has 0 fully saturated rings. The van der Waals surface area contributed by atoms with E-state index in [9.17, 15) is 27.0 Å². The van der Waals surface area contributed by atoms with Crippen molar-refractivity contribution in [2.45, 2.75) is 16.8 Å². The van der Waals surface area contributed by atoms with Gasteiger partial charge in [0.1, 0.15) is 0 Å². The van der Waals surface area contributed by atoms with Crippen LogP contribution in [-0.4, -0.2) is 26.4 Å². The van der Waals surface area contributed by atoms with Crippen molar-refractivity contribution in [2.24, 2.45) is 0 Å². The van der Waals surface area contributed by atoms with Crippen LogP contribution in [0.1, 0.15) is 27.0 Å². The third-order valence-corrected chi connectivity index (χ3v) is 5.62. The van der Waals surface area contributed by atoms with Crippen molar-refractivity contribution >= 4 is 28.8 Å². The summed E-state index contributed by atoms with van der Waals surface area (Å²) in [6.07, 6.45) is -2.88. The van der Waals surface area contributed by atoms with E-state index >= 15 is 0 Å². The second kappa shape index (κ2) is 11.8. The molecule has 3 rings (SSSR count). The van der Waals surface area contributed by atoms with E-state index in [4.69, 9.17) is 10.2 Å². The number of hydrogen-bond donors (Lipinski definition) is 2. The van der Waals surface area contributed by atoms with Crippen LogP contribution in [0.5, 0.6) is 0 Å². The van der Waals surface area contributed by atoms with Crippen LogP contribution in [0.2, 0.25) is 0 Å². The number of rotatable bonds is 6. The summed E-state index contributed by atoms with van der Waals surface area (Å²) in [7, 11) is -1.35. The second-order valence-electron chi connectivity index (χ2n) is 6.53. The fourth-order valence-electron chi connectivity index (χ4n) is 2.71. The molecule has 5 nitrogen and oxygen atoms in total. The zero-order valence-electron chi connectivity index (χ0n) is 17.0. The van der Waals surface area contributed by atoms with E-state index in [1.165, 1.54) is 24.3 Å². The number of hydrogen-bond acceptors (Lipinski definition) is 3. The number of aliphatic carboxylic acids is 1. The topological polar surface area (TPSA) is 91.7 Å². The first-order valence-electron chi connectivity index (χ1n) is 9.41. The molecule has 0 heterocycles. The molecule has 0 radical (unpaired) electrons. The van der Waals surface area contributed by atoms with E-state index in [0.29, 0.717) is 16.7 Å². The van der Waals surface area contributed by atoms with E-state index in [1.807, 2.05) is 30.3 Å². The van der Waals surface area contributed by atoms with Crippen molar-refractivity contribution in [3.05, 3.63) is 107 Å². The van der Waals surface area contributed by atoms with Crippen LogP contribution in [0.15, 0.2) is 89.8 Å². The van der Waals surface area contributed by atoms with E-state index in [0.717, 1.165) is 17.7 Å². The summed E-state index contributed by atoms with van der Waals surface area (Å²) in [5, 5.41) is 17.3. The summed E-state index contributed by atoms with van der Waals surface area (Å²) in [6.45, 7) is 0. The van der Waals surface area contributed by atoms with Gasteiger partial charge in [0.2, 0.25) is 0 Å². The van der Waals surface area contributed by atoms with Gasteiger partial charge in [0.05, 0.1) is 32.6 Å². The quantitative estimate of drug-likeness (QED) is 0.459. The lowest BCUT2D eigenvalue weighted by molar-refractivity contribution is -0.138.